The van der Waals surface area contributed by atoms with Crippen molar-refractivity contribution in [2.75, 3.05) is 17.8 Å². The zero-order valence-corrected chi connectivity index (χ0v) is 15.8. The third-order valence-electron chi connectivity index (χ3n) is 3.95. The van der Waals surface area contributed by atoms with E-state index < -0.39 is 10.0 Å². The van der Waals surface area contributed by atoms with Crippen molar-refractivity contribution in [2.45, 2.75) is 19.5 Å². The van der Waals surface area contributed by atoms with Crippen molar-refractivity contribution >= 4 is 21.7 Å². The van der Waals surface area contributed by atoms with Gasteiger partial charge in [-0.3, -0.25) is 4.72 Å². The summed E-state index contributed by atoms with van der Waals surface area (Å²) in [6.45, 7) is 2.41. The van der Waals surface area contributed by atoms with Crippen molar-refractivity contribution in [3.8, 4) is 11.5 Å². The average Bonchev–Trinajstić information content (AvgIpc) is 3.07. The van der Waals surface area contributed by atoms with Crippen LogP contribution in [0.15, 0.2) is 42.5 Å². The first-order valence-corrected chi connectivity index (χ1v) is 10.2. The SMILES string of the molecule is CC(NC(=O)NCc1ccc2c(c1)OCO2)c1ccc(NS(C)(=O)=O)cc1. The lowest BCUT2D eigenvalue weighted by Crippen LogP contribution is -2.36. The number of amides is 2. The summed E-state index contributed by atoms with van der Waals surface area (Å²) in [6.07, 6.45) is 1.09. The molecule has 27 heavy (non-hydrogen) atoms. The van der Waals surface area contributed by atoms with Crippen LogP contribution in [0.1, 0.15) is 24.1 Å². The number of benzene rings is 2. The fraction of sp³-hybridized carbons (Fsp3) is 0.278. The van der Waals surface area contributed by atoms with Gasteiger partial charge in [0, 0.05) is 12.2 Å². The van der Waals surface area contributed by atoms with Gasteiger partial charge in [0.15, 0.2) is 11.5 Å². The van der Waals surface area contributed by atoms with Crippen LogP contribution >= 0.6 is 0 Å². The average molecular weight is 391 g/mol. The quantitative estimate of drug-likeness (QED) is 0.701. The highest BCUT2D eigenvalue weighted by molar-refractivity contribution is 7.92. The first-order chi connectivity index (χ1) is 12.8. The van der Waals surface area contributed by atoms with Gasteiger partial charge < -0.3 is 20.1 Å². The molecule has 0 radical (unpaired) electrons. The second-order valence-corrected chi connectivity index (χ2v) is 7.98. The molecule has 1 unspecified atom stereocenters. The highest BCUT2D eigenvalue weighted by Crippen LogP contribution is 2.32. The molecule has 2 amide bonds. The van der Waals surface area contributed by atoms with Crippen LogP contribution in [0.4, 0.5) is 10.5 Å². The second kappa shape index (κ2) is 7.75. The van der Waals surface area contributed by atoms with E-state index in [-0.39, 0.29) is 18.9 Å². The van der Waals surface area contributed by atoms with Crippen LogP contribution in [0.2, 0.25) is 0 Å². The number of urea groups is 1. The van der Waals surface area contributed by atoms with Crippen molar-refractivity contribution in [3.05, 3.63) is 53.6 Å². The molecule has 1 atom stereocenters. The highest BCUT2D eigenvalue weighted by Gasteiger charge is 2.14. The number of ether oxygens (including phenoxy) is 2. The molecule has 0 aliphatic carbocycles. The van der Waals surface area contributed by atoms with Crippen molar-refractivity contribution in [2.24, 2.45) is 0 Å². The Morgan fingerprint density at radius 3 is 2.52 bits per heavy atom. The summed E-state index contributed by atoms with van der Waals surface area (Å²) >= 11 is 0. The van der Waals surface area contributed by atoms with E-state index in [9.17, 15) is 13.2 Å². The molecule has 0 saturated heterocycles. The number of hydrogen-bond acceptors (Lipinski definition) is 5. The van der Waals surface area contributed by atoms with Crippen LogP contribution < -0.4 is 24.8 Å². The number of rotatable bonds is 6. The fourth-order valence-corrected chi connectivity index (χ4v) is 3.18. The van der Waals surface area contributed by atoms with Crippen molar-refractivity contribution in [3.63, 3.8) is 0 Å². The molecule has 0 spiro atoms. The molecule has 1 aliphatic heterocycles. The zero-order valence-electron chi connectivity index (χ0n) is 15.0. The Kier molecular flexibility index (Phi) is 5.41. The van der Waals surface area contributed by atoms with Crippen LogP contribution in [-0.2, 0) is 16.6 Å². The first-order valence-electron chi connectivity index (χ1n) is 8.31. The lowest BCUT2D eigenvalue weighted by molar-refractivity contribution is 0.174. The molecule has 144 valence electrons. The molecular formula is C18H21N3O5S. The lowest BCUT2D eigenvalue weighted by atomic mass is 10.1. The molecular weight excluding hydrogens is 370 g/mol. The van der Waals surface area contributed by atoms with Gasteiger partial charge in [-0.2, -0.15) is 0 Å². The predicted molar refractivity (Wildman–Crippen MR) is 101 cm³/mol. The summed E-state index contributed by atoms with van der Waals surface area (Å²) in [6, 6.07) is 11.8. The van der Waals surface area contributed by atoms with Crippen molar-refractivity contribution < 1.29 is 22.7 Å². The maximum Gasteiger partial charge on any atom is 0.315 e. The summed E-state index contributed by atoms with van der Waals surface area (Å²) in [5.74, 6) is 1.37. The third-order valence-corrected chi connectivity index (χ3v) is 4.56. The monoisotopic (exact) mass is 391 g/mol. The van der Waals surface area contributed by atoms with Crippen LogP contribution in [0.5, 0.6) is 11.5 Å². The highest BCUT2D eigenvalue weighted by atomic mass is 32.2. The van der Waals surface area contributed by atoms with Gasteiger partial charge in [0.05, 0.1) is 12.3 Å². The molecule has 0 bridgehead atoms. The van der Waals surface area contributed by atoms with Gasteiger partial charge in [-0.15, -0.1) is 0 Å². The largest absolute Gasteiger partial charge is 0.454 e. The minimum Gasteiger partial charge on any atom is -0.454 e. The molecule has 2 aromatic carbocycles. The Bertz CT molecular complexity index is 929. The van der Waals surface area contributed by atoms with Crippen LogP contribution in [0.25, 0.3) is 0 Å². The smallest absolute Gasteiger partial charge is 0.315 e. The van der Waals surface area contributed by atoms with E-state index in [0.29, 0.717) is 23.7 Å². The number of nitrogens with one attached hydrogen (secondary N) is 3. The maximum atomic E-state index is 12.1. The standard InChI is InChI=1S/C18H21N3O5S/c1-12(14-4-6-15(7-5-14)21-27(2,23)24)20-18(22)19-10-13-3-8-16-17(9-13)26-11-25-16/h3-9,12,21H,10-11H2,1-2H3,(H2,19,20,22). The number of fused-ring (bicyclic) bond motifs is 1. The number of hydrogen-bond donors (Lipinski definition) is 3. The fourth-order valence-electron chi connectivity index (χ4n) is 2.62. The van der Waals surface area contributed by atoms with Crippen molar-refractivity contribution in [1.29, 1.82) is 0 Å². The Morgan fingerprint density at radius 2 is 1.81 bits per heavy atom. The molecule has 3 rings (SSSR count). The van der Waals surface area contributed by atoms with Gasteiger partial charge in [0.1, 0.15) is 0 Å². The number of sulfonamides is 1. The molecule has 1 heterocycles. The number of carbonyl (C=O) groups is 1. The second-order valence-electron chi connectivity index (χ2n) is 6.23. The summed E-state index contributed by atoms with van der Waals surface area (Å²) in [4.78, 5) is 12.1. The van der Waals surface area contributed by atoms with Gasteiger partial charge in [0.2, 0.25) is 16.8 Å². The predicted octanol–water partition coefficient (Wildman–Crippen LogP) is 2.35. The van der Waals surface area contributed by atoms with E-state index in [0.717, 1.165) is 17.4 Å². The molecule has 1 aliphatic rings. The molecule has 2 aromatic rings. The number of anilines is 1. The minimum atomic E-state index is -3.31. The summed E-state index contributed by atoms with van der Waals surface area (Å²) < 4.78 is 35.4. The Morgan fingerprint density at radius 1 is 1.11 bits per heavy atom. The maximum absolute atomic E-state index is 12.1. The van der Waals surface area contributed by atoms with Gasteiger partial charge in [0.25, 0.3) is 0 Å². The van der Waals surface area contributed by atoms with Crippen molar-refractivity contribution in [1.82, 2.24) is 10.6 Å². The van der Waals surface area contributed by atoms with Gasteiger partial charge in [-0.1, -0.05) is 18.2 Å². The topological polar surface area (TPSA) is 106 Å². The van der Waals surface area contributed by atoms with E-state index in [1.165, 1.54) is 0 Å². The van der Waals surface area contributed by atoms with E-state index in [2.05, 4.69) is 15.4 Å². The molecule has 0 fully saturated rings. The van der Waals surface area contributed by atoms with Gasteiger partial charge in [-0.25, -0.2) is 13.2 Å². The van der Waals surface area contributed by atoms with Crippen LogP contribution in [-0.4, -0.2) is 27.5 Å². The van der Waals surface area contributed by atoms with Gasteiger partial charge in [-0.05, 0) is 42.3 Å². The lowest BCUT2D eigenvalue weighted by Gasteiger charge is -2.16. The molecule has 8 nitrogen and oxygen atoms in total. The first kappa shape index (κ1) is 18.8. The Labute approximate surface area is 157 Å². The molecule has 0 aromatic heterocycles. The normalized spacial score (nSPS) is 13.7. The zero-order chi connectivity index (χ0) is 19.4. The third kappa shape index (κ3) is 5.27. The molecule has 9 heteroatoms. The van der Waals surface area contributed by atoms with Crippen LogP contribution in [0, 0.1) is 0 Å². The summed E-state index contributed by atoms with van der Waals surface area (Å²) in [7, 11) is -3.31. The van der Waals surface area contributed by atoms with Crippen LogP contribution in [0.3, 0.4) is 0 Å². The molecule has 0 saturated carbocycles. The van der Waals surface area contributed by atoms with E-state index in [1.54, 1.807) is 24.3 Å². The summed E-state index contributed by atoms with van der Waals surface area (Å²) in [5.41, 5.74) is 2.23. The minimum absolute atomic E-state index is 0.211. The van der Waals surface area contributed by atoms with E-state index in [1.807, 2.05) is 25.1 Å². The number of carbonyl (C=O) groups excluding carboxylic acids is 1. The van der Waals surface area contributed by atoms with E-state index in [4.69, 9.17) is 9.47 Å². The summed E-state index contributed by atoms with van der Waals surface area (Å²) in [5, 5.41) is 5.64. The molecule has 3 N–H and O–H groups in total. The van der Waals surface area contributed by atoms with E-state index >= 15 is 0 Å². The Hall–Kier alpha value is -2.94. The Balaban J connectivity index is 1.51. The van der Waals surface area contributed by atoms with Gasteiger partial charge >= 0.3 is 6.03 Å².